The van der Waals surface area contributed by atoms with E-state index in [-0.39, 0.29) is 0 Å². The van der Waals surface area contributed by atoms with Crippen LogP contribution in [0.4, 0.5) is 0 Å². The van der Waals surface area contributed by atoms with E-state index in [0.29, 0.717) is 0 Å². The summed E-state index contributed by atoms with van der Waals surface area (Å²) in [6.45, 7) is 5.47. The molecule has 1 unspecified atom stereocenters. The summed E-state index contributed by atoms with van der Waals surface area (Å²) < 4.78 is 5.05. The number of aliphatic hydroxyl groups is 1. The van der Waals surface area contributed by atoms with Crippen LogP contribution in [-0.2, 0) is 0 Å². The minimum Gasteiger partial charge on any atom is -0.497 e. The number of hydrogen-bond donors (Lipinski definition) is 1. The molecule has 2 nitrogen and oxygen atoms in total. The molecule has 0 saturated carbocycles. The molecule has 0 amide bonds. The summed E-state index contributed by atoms with van der Waals surface area (Å²) in [5, 5.41) is 9.48. The number of rotatable bonds is 4. The molecule has 0 fully saturated rings. The second-order valence-electron chi connectivity index (χ2n) is 3.42. The third kappa shape index (κ3) is 3.60. The highest BCUT2D eigenvalue weighted by atomic mass is 16.5. The molecule has 1 N–H and O–H groups in total. The van der Waals surface area contributed by atoms with Gasteiger partial charge in [0.05, 0.1) is 13.2 Å². The first-order valence-corrected chi connectivity index (χ1v) is 4.79. The maximum Gasteiger partial charge on any atom is 0.118 e. The normalized spacial score (nSPS) is 12.7. The first kappa shape index (κ1) is 11.5. The lowest BCUT2D eigenvalue weighted by atomic mass is 10.1. The summed E-state index contributed by atoms with van der Waals surface area (Å²) in [6.07, 6.45) is 3.00. The fourth-order valence-electron chi connectivity index (χ4n) is 1.08. The highest BCUT2D eigenvalue weighted by Gasteiger charge is 1.97. The Bertz CT molecular complexity index is 349. The molecule has 0 saturated heterocycles. The molecule has 2 heteroatoms. The lowest BCUT2D eigenvalue weighted by molar-refractivity contribution is 0.260. The zero-order valence-corrected chi connectivity index (χ0v) is 9.10. The van der Waals surface area contributed by atoms with E-state index in [1.165, 1.54) is 0 Å². The van der Waals surface area contributed by atoms with Crippen molar-refractivity contribution < 1.29 is 9.84 Å². The fraction of sp³-hybridized carbons (Fsp3) is 0.231. The number of hydrogen-bond acceptors (Lipinski definition) is 2. The first-order valence-electron chi connectivity index (χ1n) is 4.79. The molecule has 1 atom stereocenters. The smallest absolute Gasteiger partial charge is 0.118 e. The maximum absolute atomic E-state index is 9.48. The van der Waals surface area contributed by atoms with Gasteiger partial charge in [0, 0.05) is 0 Å². The Labute approximate surface area is 90.5 Å². The summed E-state index contributed by atoms with van der Waals surface area (Å²) in [4.78, 5) is 0. The van der Waals surface area contributed by atoms with Crippen molar-refractivity contribution in [1.29, 1.82) is 0 Å². The third-order valence-electron chi connectivity index (χ3n) is 2.09. The summed E-state index contributed by atoms with van der Waals surface area (Å²) in [5.41, 5.74) is 1.76. The van der Waals surface area contributed by atoms with E-state index in [2.05, 4.69) is 6.58 Å². The van der Waals surface area contributed by atoms with Crippen molar-refractivity contribution in [3.05, 3.63) is 48.1 Å². The average molecular weight is 204 g/mol. The largest absolute Gasteiger partial charge is 0.497 e. The van der Waals surface area contributed by atoms with Gasteiger partial charge in [-0.2, -0.15) is 0 Å². The fourth-order valence-corrected chi connectivity index (χ4v) is 1.08. The predicted octanol–water partition coefficient (Wildman–Crippen LogP) is 2.65. The molecule has 1 aromatic rings. The van der Waals surface area contributed by atoms with Crippen LogP contribution >= 0.6 is 0 Å². The van der Waals surface area contributed by atoms with E-state index in [9.17, 15) is 5.11 Å². The Kier molecular flexibility index (Phi) is 4.13. The van der Waals surface area contributed by atoms with E-state index >= 15 is 0 Å². The Hall–Kier alpha value is -1.54. The number of ether oxygens (including phenoxy) is 1. The van der Waals surface area contributed by atoms with Crippen molar-refractivity contribution >= 4 is 6.08 Å². The molecule has 0 bridgehead atoms. The van der Waals surface area contributed by atoms with Crippen LogP contribution in [0.1, 0.15) is 12.5 Å². The van der Waals surface area contributed by atoms with E-state index < -0.39 is 6.10 Å². The summed E-state index contributed by atoms with van der Waals surface area (Å²) in [5.74, 6) is 0.826. The van der Waals surface area contributed by atoms with Gasteiger partial charge in [-0.15, -0.1) is 0 Å². The lowest BCUT2D eigenvalue weighted by Crippen LogP contribution is -2.01. The van der Waals surface area contributed by atoms with Crippen molar-refractivity contribution in [2.75, 3.05) is 7.11 Å². The molecular formula is C13H16O2. The molecule has 1 aromatic carbocycles. The van der Waals surface area contributed by atoms with Gasteiger partial charge >= 0.3 is 0 Å². The molecule has 80 valence electrons. The third-order valence-corrected chi connectivity index (χ3v) is 2.09. The van der Waals surface area contributed by atoms with E-state index in [1.807, 2.05) is 30.3 Å². The standard InChI is InChI=1S/C13H16O2/c1-10(2)13(14)9-6-11-4-7-12(15-3)8-5-11/h4-9,13-14H,1H2,2-3H3/b9-6+. The van der Waals surface area contributed by atoms with Gasteiger partial charge in [0.15, 0.2) is 0 Å². The Balaban J connectivity index is 2.68. The molecule has 0 aliphatic rings. The van der Waals surface area contributed by atoms with E-state index in [1.54, 1.807) is 20.1 Å². The summed E-state index contributed by atoms with van der Waals surface area (Å²) in [7, 11) is 1.63. The molecule has 0 heterocycles. The maximum atomic E-state index is 9.48. The van der Waals surface area contributed by atoms with Crippen LogP contribution in [0.15, 0.2) is 42.5 Å². The molecule has 0 aromatic heterocycles. The minimum atomic E-state index is -0.577. The first-order chi connectivity index (χ1) is 7.13. The predicted molar refractivity (Wildman–Crippen MR) is 62.8 cm³/mol. The zero-order chi connectivity index (χ0) is 11.3. The van der Waals surface area contributed by atoms with Crippen molar-refractivity contribution in [1.82, 2.24) is 0 Å². The van der Waals surface area contributed by atoms with Gasteiger partial charge in [0.2, 0.25) is 0 Å². The second kappa shape index (κ2) is 5.37. The molecule has 0 spiro atoms. The topological polar surface area (TPSA) is 29.5 Å². The van der Waals surface area contributed by atoms with Crippen molar-refractivity contribution in [2.45, 2.75) is 13.0 Å². The number of methoxy groups -OCH3 is 1. The Morgan fingerprint density at radius 3 is 2.47 bits per heavy atom. The SMILES string of the molecule is C=C(C)C(O)/C=C/c1ccc(OC)cc1. The van der Waals surface area contributed by atoms with Crippen LogP contribution in [0, 0.1) is 0 Å². The molecule has 1 rings (SSSR count). The van der Waals surface area contributed by atoms with Crippen LogP contribution in [0.25, 0.3) is 6.08 Å². The highest BCUT2D eigenvalue weighted by molar-refractivity contribution is 5.51. The average Bonchev–Trinajstić information content (AvgIpc) is 2.26. The van der Waals surface area contributed by atoms with Crippen LogP contribution in [0.2, 0.25) is 0 Å². The van der Waals surface area contributed by atoms with Gasteiger partial charge in [-0.25, -0.2) is 0 Å². The van der Waals surface area contributed by atoms with Crippen LogP contribution < -0.4 is 4.74 Å². The minimum absolute atomic E-state index is 0.577. The van der Waals surface area contributed by atoms with Crippen LogP contribution in [0.5, 0.6) is 5.75 Å². The van der Waals surface area contributed by atoms with Crippen LogP contribution in [0.3, 0.4) is 0 Å². The molecular weight excluding hydrogens is 188 g/mol. The number of benzene rings is 1. The van der Waals surface area contributed by atoms with Crippen molar-refractivity contribution in [3.63, 3.8) is 0 Å². The van der Waals surface area contributed by atoms with E-state index in [0.717, 1.165) is 16.9 Å². The summed E-state index contributed by atoms with van der Waals surface area (Å²) in [6, 6.07) is 7.63. The molecule has 0 aliphatic heterocycles. The quantitative estimate of drug-likeness (QED) is 0.764. The highest BCUT2D eigenvalue weighted by Crippen LogP contribution is 2.13. The Morgan fingerprint density at radius 1 is 1.40 bits per heavy atom. The van der Waals surface area contributed by atoms with Gasteiger partial charge in [0.25, 0.3) is 0 Å². The van der Waals surface area contributed by atoms with Gasteiger partial charge in [-0.3, -0.25) is 0 Å². The molecule has 0 radical (unpaired) electrons. The lowest BCUT2D eigenvalue weighted by Gasteiger charge is -2.03. The number of aliphatic hydroxyl groups excluding tert-OH is 1. The van der Waals surface area contributed by atoms with Gasteiger partial charge < -0.3 is 9.84 Å². The monoisotopic (exact) mass is 204 g/mol. The molecule has 0 aliphatic carbocycles. The van der Waals surface area contributed by atoms with Gasteiger partial charge in [-0.1, -0.05) is 30.9 Å². The zero-order valence-electron chi connectivity index (χ0n) is 9.10. The summed E-state index contributed by atoms with van der Waals surface area (Å²) >= 11 is 0. The second-order valence-corrected chi connectivity index (χ2v) is 3.42. The Morgan fingerprint density at radius 2 is 2.00 bits per heavy atom. The molecule has 15 heavy (non-hydrogen) atoms. The van der Waals surface area contributed by atoms with Crippen LogP contribution in [-0.4, -0.2) is 18.3 Å². The van der Waals surface area contributed by atoms with E-state index in [4.69, 9.17) is 4.74 Å². The van der Waals surface area contributed by atoms with Gasteiger partial charge in [-0.05, 0) is 30.2 Å². The van der Waals surface area contributed by atoms with Crippen molar-refractivity contribution in [2.24, 2.45) is 0 Å². The van der Waals surface area contributed by atoms with Crippen molar-refractivity contribution in [3.8, 4) is 5.75 Å². The van der Waals surface area contributed by atoms with Gasteiger partial charge in [0.1, 0.15) is 5.75 Å².